The lowest BCUT2D eigenvalue weighted by molar-refractivity contribution is -0.130. The predicted octanol–water partition coefficient (Wildman–Crippen LogP) is 0.170. The molecule has 1 aromatic rings. The second kappa shape index (κ2) is 4.63. The maximum atomic E-state index is 12.1. The molecule has 2 saturated heterocycles. The molecule has 3 rings (SSSR count). The number of ether oxygens (including phenoxy) is 1. The summed E-state index contributed by atoms with van der Waals surface area (Å²) in [6.45, 7) is 1.85. The van der Waals surface area contributed by atoms with Crippen molar-refractivity contribution in [1.82, 2.24) is 0 Å². The summed E-state index contributed by atoms with van der Waals surface area (Å²) in [4.78, 5) is 11.6. The molecule has 0 aromatic heterocycles. The number of fused-ring (bicyclic) bond motifs is 2. The number of Topliss-reactive ketones (excluding diaryl/α,β-unsaturated/α-hetero) is 1. The Bertz CT molecular complexity index is 635. The van der Waals surface area contributed by atoms with Crippen molar-refractivity contribution < 1.29 is 27.2 Å². The first-order valence-corrected chi connectivity index (χ1v) is 7.66. The number of ketones is 1. The molecule has 0 spiro atoms. The summed E-state index contributed by atoms with van der Waals surface area (Å²) < 4.78 is 34.5. The summed E-state index contributed by atoms with van der Waals surface area (Å²) >= 11 is 0. The summed E-state index contributed by atoms with van der Waals surface area (Å²) in [5.74, 6) is -0.509. The van der Waals surface area contributed by atoms with Gasteiger partial charge in [-0.05, 0) is 19.1 Å². The zero-order valence-electron chi connectivity index (χ0n) is 10.7. The average molecular weight is 298 g/mol. The molecule has 20 heavy (non-hydrogen) atoms. The van der Waals surface area contributed by atoms with Crippen LogP contribution in [0.15, 0.2) is 29.2 Å². The second-order valence-corrected chi connectivity index (χ2v) is 6.65. The quantitative estimate of drug-likeness (QED) is 0.800. The number of hydrogen-bond acceptors (Lipinski definition) is 6. The van der Waals surface area contributed by atoms with Gasteiger partial charge in [-0.1, -0.05) is 17.7 Å². The van der Waals surface area contributed by atoms with Crippen molar-refractivity contribution >= 4 is 15.9 Å². The summed E-state index contributed by atoms with van der Waals surface area (Å²) in [7, 11) is -3.94. The first kappa shape index (κ1) is 13.7. The van der Waals surface area contributed by atoms with Gasteiger partial charge in [-0.25, -0.2) is 0 Å². The Hall–Kier alpha value is -1.28. The van der Waals surface area contributed by atoms with Crippen LogP contribution < -0.4 is 0 Å². The van der Waals surface area contributed by atoms with Crippen molar-refractivity contribution in [1.29, 1.82) is 0 Å². The second-order valence-electron chi connectivity index (χ2n) is 5.08. The van der Waals surface area contributed by atoms with E-state index in [1.807, 2.05) is 6.92 Å². The van der Waals surface area contributed by atoms with Crippen LogP contribution in [0.3, 0.4) is 0 Å². The van der Waals surface area contributed by atoms with Crippen LogP contribution >= 0.6 is 0 Å². The van der Waals surface area contributed by atoms with Crippen molar-refractivity contribution in [3.63, 3.8) is 0 Å². The van der Waals surface area contributed by atoms with E-state index in [-0.39, 0.29) is 11.3 Å². The van der Waals surface area contributed by atoms with Crippen LogP contribution in [0, 0.1) is 6.92 Å². The number of aliphatic hydroxyl groups excluding tert-OH is 1. The smallest absolute Gasteiger partial charge is 0.297 e. The first-order chi connectivity index (χ1) is 9.38. The molecule has 6 nitrogen and oxygen atoms in total. The van der Waals surface area contributed by atoms with Gasteiger partial charge in [0.1, 0.15) is 18.3 Å². The van der Waals surface area contributed by atoms with E-state index in [2.05, 4.69) is 0 Å². The molecule has 4 atom stereocenters. The van der Waals surface area contributed by atoms with Gasteiger partial charge < -0.3 is 9.84 Å². The first-order valence-electron chi connectivity index (χ1n) is 6.26. The lowest BCUT2D eigenvalue weighted by Gasteiger charge is -2.20. The van der Waals surface area contributed by atoms with E-state index in [4.69, 9.17) is 8.92 Å². The fourth-order valence-electron chi connectivity index (χ4n) is 2.50. The average Bonchev–Trinajstić information content (AvgIpc) is 2.90. The van der Waals surface area contributed by atoms with Gasteiger partial charge in [0.2, 0.25) is 0 Å². The molecule has 2 fully saturated rings. The molecule has 0 amide bonds. The van der Waals surface area contributed by atoms with Crippen molar-refractivity contribution in [3.8, 4) is 0 Å². The summed E-state index contributed by atoms with van der Waals surface area (Å²) in [6, 6.07) is 6.25. The Labute approximate surface area is 116 Å². The molecular weight excluding hydrogens is 284 g/mol. The fourth-order valence-corrected chi connectivity index (χ4v) is 3.59. The Balaban J connectivity index is 1.78. The third-order valence-electron chi connectivity index (χ3n) is 3.61. The number of rotatable bonds is 3. The molecule has 2 bridgehead atoms. The van der Waals surface area contributed by atoms with Crippen molar-refractivity contribution in [2.75, 3.05) is 0 Å². The molecule has 0 unspecified atom stereocenters. The Morgan fingerprint density at radius 3 is 2.50 bits per heavy atom. The number of aliphatic hydroxyl groups is 1. The minimum atomic E-state index is -3.94. The standard InChI is InChI=1S/C13H14O6S/c1-7-2-4-8(5-3-7)20(16,17)19-10-6-9-11(14)12(15)13(10)18-9/h2-5,9-11,13-14H,6H2,1H3/t9-,10-,11-,13+/m0/s1. The van der Waals surface area contributed by atoms with E-state index in [9.17, 15) is 18.3 Å². The Morgan fingerprint density at radius 2 is 1.95 bits per heavy atom. The minimum absolute atomic E-state index is 0.0406. The highest BCUT2D eigenvalue weighted by Crippen LogP contribution is 2.35. The van der Waals surface area contributed by atoms with Crippen LogP contribution in [0.5, 0.6) is 0 Å². The zero-order valence-corrected chi connectivity index (χ0v) is 11.5. The maximum Gasteiger partial charge on any atom is 0.297 e. The van der Waals surface area contributed by atoms with Gasteiger partial charge in [-0.15, -0.1) is 0 Å². The Morgan fingerprint density at radius 1 is 1.30 bits per heavy atom. The predicted molar refractivity (Wildman–Crippen MR) is 67.5 cm³/mol. The van der Waals surface area contributed by atoms with Crippen molar-refractivity contribution in [2.24, 2.45) is 0 Å². The molecule has 1 N–H and O–H groups in total. The summed E-state index contributed by atoms with van der Waals surface area (Å²) in [6.07, 6.45) is -3.48. The third kappa shape index (κ3) is 2.16. The molecule has 1 aromatic carbocycles. The number of aryl methyl sites for hydroxylation is 1. The van der Waals surface area contributed by atoms with E-state index in [1.165, 1.54) is 12.1 Å². The largest absolute Gasteiger partial charge is 0.382 e. The summed E-state index contributed by atoms with van der Waals surface area (Å²) in [5, 5.41) is 9.47. The molecule has 0 saturated carbocycles. The van der Waals surface area contributed by atoms with E-state index < -0.39 is 40.3 Å². The highest BCUT2D eigenvalue weighted by molar-refractivity contribution is 7.86. The topological polar surface area (TPSA) is 89.9 Å². The third-order valence-corrected chi connectivity index (χ3v) is 4.96. The van der Waals surface area contributed by atoms with E-state index in [1.54, 1.807) is 12.1 Å². The highest BCUT2D eigenvalue weighted by atomic mass is 32.2. The lowest BCUT2D eigenvalue weighted by Crippen LogP contribution is -2.42. The molecule has 108 valence electrons. The molecule has 7 heteroatoms. The number of benzene rings is 1. The fraction of sp³-hybridized carbons (Fsp3) is 0.462. The van der Waals surface area contributed by atoms with Crippen LogP contribution in [-0.2, 0) is 23.8 Å². The van der Waals surface area contributed by atoms with Crippen LogP contribution in [0.4, 0.5) is 0 Å². The van der Waals surface area contributed by atoms with Crippen LogP contribution in [0.2, 0.25) is 0 Å². The van der Waals surface area contributed by atoms with Gasteiger partial charge >= 0.3 is 0 Å². The maximum absolute atomic E-state index is 12.1. The van der Waals surface area contributed by atoms with Gasteiger partial charge in [0.05, 0.1) is 11.0 Å². The number of carbonyl (C=O) groups excluding carboxylic acids is 1. The molecule has 0 radical (unpaired) electrons. The molecular formula is C13H14O6S. The van der Waals surface area contributed by atoms with Crippen LogP contribution in [0.25, 0.3) is 0 Å². The highest BCUT2D eigenvalue weighted by Gasteiger charge is 2.55. The van der Waals surface area contributed by atoms with Gasteiger partial charge in [-0.3, -0.25) is 8.98 Å². The summed E-state index contributed by atoms with van der Waals surface area (Å²) in [5.41, 5.74) is 0.936. The van der Waals surface area contributed by atoms with Crippen molar-refractivity contribution in [3.05, 3.63) is 29.8 Å². The SMILES string of the molecule is Cc1ccc(S(=O)(=O)O[C@H]2C[C@@H]3O[C@H]2C(=O)[C@H]3O)cc1. The van der Waals surface area contributed by atoms with Gasteiger partial charge in [0.15, 0.2) is 5.78 Å². The molecule has 2 aliphatic rings. The number of hydrogen-bond donors (Lipinski definition) is 1. The monoisotopic (exact) mass is 298 g/mol. The van der Waals surface area contributed by atoms with Crippen LogP contribution in [0.1, 0.15) is 12.0 Å². The normalized spacial score (nSPS) is 32.8. The van der Waals surface area contributed by atoms with Crippen LogP contribution in [-0.4, -0.2) is 43.7 Å². The minimum Gasteiger partial charge on any atom is -0.382 e. The van der Waals surface area contributed by atoms with Crippen molar-refractivity contribution in [2.45, 2.75) is 42.7 Å². The number of carbonyl (C=O) groups is 1. The molecule has 2 aliphatic heterocycles. The van der Waals surface area contributed by atoms with Gasteiger partial charge in [0.25, 0.3) is 10.1 Å². The lowest BCUT2D eigenvalue weighted by atomic mass is 9.94. The Kier molecular flexibility index (Phi) is 3.17. The zero-order chi connectivity index (χ0) is 14.5. The van der Waals surface area contributed by atoms with Gasteiger partial charge in [-0.2, -0.15) is 8.42 Å². The van der Waals surface area contributed by atoms with E-state index >= 15 is 0 Å². The molecule has 2 heterocycles. The van der Waals surface area contributed by atoms with E-state index in [0.29, 0.717) is 0 Å². The van der Waals surface area contributed by atoms with Gasteiger partial charge in [0, 0.05) is 6.42 Å². The molecule has 0 aliphatic carbocycles. The van der Waals surface area contributed by atoms with E-state index in [0.717, 1.165) is 5.56 Å².